The van der Waals surface area contributed by atoms with Crippen LogP contribution in [-0.2, 0) is 21.9 Å². The number of hydrogen-bond acceptors (Lipinski definition) is 12. The van der Waals surface area contributed by atoms with Crippen LogP contribution < -0.4 is 25.2 Å². The molecule has 2 spiro atoms. The predicted molar refractivity (Wildman–Crippen MR) is 266 cm³/mol. The largest absolute Gasteiger partial charge is 0.507 e. The van der Waals surface area contributed by atoms with Gasteiger partial charge in [-0.2, -0.15) is 47.1 Å². The number of carbonyl (C=O) groups excluding carboxylic acids is 2. The molecule has 26 heteroatoms. The van der Waals surface area contributed by atoms with Crippen LogP contribution in [0.15, 0.2) is 102 Å². The van der Waals surface area contributed by atoms with Crippen molar-refractivity contribution < 1.29 is 46.0 Å². The fraction of sp³-hybridized carbons (Fsp3) is 0.261. The highest BCUT2D eigenvalue weighted by Gasteiger charge is 2.61. The van der Waals surface area contributed by atoms with Crippen molar-refractivity contribution in [3.63, 3.8) is 0 Å². The Bertz CT molecular complexity index is 3070. The van der Waals surface area contributed by atoms with Gasteiger partial charge in [0.1, 0.15) is 23.2 Å². The Kier molecular flexibility index (Phi) is 15.8. The van der Waals surface area contributed by atoms with E-state index in [4.69, 9.17) is 45.0 Å². The lowest BCUT2D eigenvalue weighted by Gasteiger charge is -2.43. The standard InChI is InChI=1S/C22H15F3N6OS.C19H12BrF3N4OS.C3H5BN2O2.2CH4/c23-22(24,25)16-10-15(12-27-18(16)11-26)30-19(32)21(7-1-8-21)31(20(30)33)14-4-2-13(3-5-14)17-6-9-28-29-17;20-11-2-4-12(5-3-11)27-17(29)26(16(28)18(27)6-1-7-18)13-8-14(19(21,22)23)15(9-24)25-10-13;7-4(8)3-1-2-5-6-3;;/h2-6,9-10,12H,1,7-8H2,(H,28,29);2-5,8,10H,1,6-7H2;1-2,7-8H,(H,5,6);2*1H4. The van der Waals surface area contributed by atoms with E-state index in [0.29, 0.717) is 42.7 Å². The normalized spacial score (nSPS) is 16.3. The van der Waals surface area contributed by atoms with Crippen LogP contribution in [0.3, 0.4) is 0 Å². The number of halogens is 7. The molecule has 6 aromatic rings. The maximum Gasteiger partial charge on any atom is 0.507 e. The zero-order chi connectivity index (χ0) is 50.3. The summed E-state index contributed by atoms with van der Waals surface area (Å²) in [6.07, 6.45) is -0.561. The van der Waals surface area contributed by atoms with Crippen molar-refractivity contribution in [1.82, 2.24) is 30.4 Å². The number of aromatic amines is 2. The average Bonchev–Trinajstić information content (AvgIpc) is 4.12. The van der Waals surface area contributed by atoms with Crippen LogP contribution >= 0.6 is 40.4 Å². The number of carbonyl (C=O) groups is 2. The Morgan fingerprint density at radius 1 is 0.653 bits per heavy atom. The van der Waals surface area contributed by atoms with E-state index in [-0.39, 0.29) is 42.4 Å². The van der Waals surface area contributed by atoms with Gasteiger partial charge in [-0.15, -0.1) is 0 Å². The van der Waals surface area contributed by atoms with Crippen LogP contribution in [-0.4, -0.2) is 80.6 Å². The van der Waals surface area contributed by atoms with Crippen molar-refractivity contribution in [2.45, 2.75) is 76.8 Å². The maximum absolute atomic E-state index is 13.5. The molecule has 72 heavy (non-hydrogen) atoms. The number of rotatable bonds is 6. The zero-order valence-corrected chi connectivity index (χ0v) is 38.9. The number of alkyl halides is 6. The van der Waals surface area contributed by atoms with E-state index in [2.05, 4.69) is 46.3 Å². The number of pyridine rings is 2. The fourth-order valence-corrected chi connectivity index (χ4v) is 9.59. The molecule has 10 rings (SSSR count). The lowest BCUT2D eigenvalue weighted by Crippen LogP contribution is -2.55. The summed E-state index contributed by atoms with van der Waals surface area (Å²) in [7, 11) is -1.43. The third kappa shape index (κ3) is 9.79. The summed E-state index contributed by atoms with van der Waals surface area (Å²) in [4.78, 5) is 39.7. The Morgan fingerprint density at radius 2 is 1.07 bits per heavy atom. The number of anilines is 4. The summed E-state index contributed by atoms with van der Waals surface area (Å²) >= 11 is 14.5. The van der Waals surface area contributed by atoms with Crippen molar-refractivity contribution in [3.05, 3.63) is 125 Å². The van der Waals surface area contributed by atoms with Crippen LogP contribution in [0, 0.1) is 22.7 Å². The van der Waals surface area contributed by atoms with Crippen LogP contribution in [0.5, 0.6) is 0 Å². The Hall–Kier alpha value is -7.10. The molecule has 0 bridgehead atoms. The molecule has 0 radical (unpaired) electrons. The van der Waals surface area contributed by atoms with E-state index in [1.807, 2.05) is 42.5 Å². The van der Waals surface area contributed by atoms with E-state index < -0.39 is 59.0 Å². The lowest BCUT2D eigenvalue weighted by molar-refractivity contribution is -0.138. The minimum absolute atomic E-state index is 0. The topological polar surface area (TPSA) is 218 Å². The van der Waals surface area contributed by atoms with E-state index >= 15 is 0 Å². The van der Waals surface area contributed by atoms with Gasteiger partial charge in [-0.25, -0.2) is 9.97 Å². The smallest absolute Gasteiger partial charge is 0.422 e. The third-order valence-electron chi connectivity index (χ3n) is 12.1. The first-order valence-corrected chi connectivity index (χ1v) is 22.4. The van der Waals surface area contributed by atoms with Gasteiger partial charge in [-0.05, 0) is 129 Å². The molecule has 2 aliphatic heterocycles. The number of benzene rings is 2. The molecule has 4 fully saturated rings. The second kappa shape index (κ2) is 20.9. The SMILES string of the molecule is C.C.N#Cc1ncc(N2C(=O)C3(CCC3)N(c3ccc(-c4ccn[nH]4)cc3)C2=S)cc1C(F)(F)F.N#Cc1ncc(N2C(=O)C3(CCC3)N(c3ccc(Br)cc3)C2=S)cc1C(F)(F)F.OB(O)c1ccn[nH]1. The summed E-state index contributed by atoms with van der Waals surface area (Å²) in [6.45, 7) is 0. The zero-order valence-electron chi connectivity index (χ0n) is 35.7. The van der Waals surface area contributed by atoms with Crippen molar-refractivity contribution in [2.75, 3.05) is 19.6 Å². The van der Waals surface area contributed by atoms with E-state index in [1.165, 1.54) is 24.4 Å². The Balaban J connectivity index is 0.000000200. The summed E-state index contributed by atoms with van der Waals surface area (Å²) in [5.41, 5.74) is -2.60. The summed E-state index contributed by atoms with van der Waals surface area (Å²) in [6, 6.07) is 22.3. The molecular formula is C46H40BBrF6N12O4S2. The van der Waals surface area contributed by atoms with Gasteiger partial charge in [0.25, 0.3) is 11.8 Å². The fourth-order valence-electron chi connectivity index (χ4n) is 8.39. The number of nitrogens with one attached hydrogen (secondary N) is 2. The maximum atomic E-state index is 13.5. The van der Waals surface area contributed by atoms with Gasteiger partial charge in [0.2, 0.25) is 0 Å². The molecule has 4 aromatic heterocycles. The van der Waals surface area contributed by atoms with Gasteiger partial charge in [0.15, 0.2) is 21.6 Å². The molecule has 6 heterocycles. The minimum atomic E-state index is -4.80. The summed E-state index contributed by atoms with van der Waals surface area (Å²) in [5, 5.41) is 47.6. The van der Waals surface area contributed by atoms with Crippen LogP contribution in [0.2, 0.25) is 0 Å². The number of aromatic nitrogens is 6. The second-order valence-corrected chi connectivity index (χ2v) is 17.7. The van der Waals surface area contributed by atoms with Gasteiger partial charge in [-0.3, -0.25) is 29.6 Å². The first-order valence-electron chi connectivity index (χ1n) is 20.8. The van der Waals surface area contributed by atoms with Crippen molar-refractivity contribution in [1.29, 1.82) is 10.5 Å². The van der Waals surface area contributed by atoms with Crippen molar-refractivity contribution in [3.8, 4) is 23.4 Å². The summed E-state index contributed by atoms with van der Waals surface area (Å²) < 4.78 is 81.4. The lowest BCUT2D eigenvalue weighted by atomic mass is 9.75. The number of amides is 2. The van der Waals surface area contributed by atoms with Crippen LogP contribution in [0.4, 0.5) is 49.1 Å². The molecule has 2 saturated heterocycles. The molecule has 2 amide bonds. The molecule has 16 nitrogen and oxygen atoms in total. The molecule has 0 atom stereocenters. The molecule has 4 aliphatic rings. The molecule has 0 unspecified atom stereocenters. The third-order valence-corrected chi connectivity index (χ3v) is 13.4. The van der Waals surface area contributed by atoms with Gasteiger partial charge in [-0.1, -0.05) is 42.9 Å². The monoisotopic (exact) mass is 1090 g/mol. The molecule has 4 N–H and O–H groups in total. The first-order chi connectivity index (χ1) is 33.3. The average molecular weight is 1090 g/mol. The molecular weight excluding hydrogens is 1050 g/mol. The van der Waals surface area contributed by atoms with Gasteiger partial charge < -0.3 is 19.8 Å². The second-order valence-electron chi connectivity index (χ2n) is 16.1. The number of H-pyrrole nitrogens is 2. The highest BCUT2D eigenvalue weighted by atomic mass is 79.9. The minimum Gasteiger partial charge on any atom is -0.422 e. The van der Waals surface area contributed by atoms with Gasteiger partial charge >= 0.3 is 19.5 Å². The summed E-state index contributed by atoms with van der Waals surface area (Å²) in [5.74, 6) is -0.771. The number of nitriles is 2. The van der Waals surface area contributed by atoms with Crippen molar-refractivity contribution in [2.24, 2.45) is 0 Å². The number of nitrogens with zero attached hydrogens (tertiary/aromatic N) is 10. The quantitative estimate of drug-likeness (QED) is 0.0698. The first kappa shape index (κ1) is 54.2. The van der Waals surface area contributed by atoms with Crippen LogP contribution in [0.25, 0.3) is 11.3 Å². The molecule has 2 aliphatic carbocycles. The van der Waals surface area contributed by atoms with Crippen LogP contribution in [0.1, 0.15) is 75.9 Å². The number of thiocarbonyl (C=S) groups is 2. The van der Waals surface area contributed by atoms with Gasteiger partial charge in [0.05, 0.1) is 46.2 Å². The Morgan fingerprint density at radius 3 is 1.39 bits per heavy atom. The molecule has 2 saturated carbocycles. The highest BCUT2D eigenvalue weighted by molar-refractivity contribution is 9.10. The number of hydrogen-bond donors (Lipinski definition) is 4. The van der Waals surface area contributed by atoms with E-state index in [1.54, 1.807) is 28.1 Å². The highest BCUT2D eigenvalue weighted by Crippen LogP contribution is 2.50. The van der Waals surface area contributed by atoms with E-state index in [9.17, 15) is 35.9 Å². The van der Waals surface area contributed by atoms with Gasteiger partial charge in [0, 0.05) is 28.2 Å². The predicted octanol–water partition coefficient (Wildman–Crippen LogP) is 8.58. The van der Waals surface area contributed by atoms with Crippen molar-refractivity contribution >= 4 is 97.9 Å². The molecule has 372 valence electrons. The van der Waals surface area contributed by atoms with E-state index in [0.717, 1.165) is 62.9 Å². The molecule has 2 aromatic carbocycles. The Labute approximate surface area is 427 Å².